The van der Waals surface area contributed by atoms with Crippen LogP contribution in [0.1, 0.15) is 65.7 Å². The molecule has 0 radical (unpaired) electrons. The van der Waals surface area contributed by atoms with Gasteiger partial charge in [0.1, 0.15) is 11.6 Å². The Morgan fingerprint density at radius 3 is 2.66 bits per heavy atom. The minimum Gasteiger partial charge on any atom is -0.480 e. The molecule has 0 spiro atoms. The molecule has 2 amide bonds. The molecule has 0 aromatic heterocycles. The number of carboxylic acids is 1. The normalized spacial score (nSPS) is 23.0. The molecule has 0 aliphatic carbocycles. The number of carbonyl (C=O) groups is 3. The van der Waals surface area contributed by atoms with E-state index >= 15 is 0 Å². The van der Waals surface area contributed by atoms with Gasteiger partial charge < -0.3 is 31.1 Å². The molecule has 0 bridgehead atoms. The Morgan fingerprint density at radius 1 is 1.22 bits per heavy atom. The molecular formula is C21H36N4O5S2. The summed E-state index contributed by atoms with van der Waals surface area (Å²) in [5.74, 6) is -0.0126. The Kier molecular flexibility index (Phi) is 10.3. The highest BCUT2D eigenvalue weighted by Crippen LogP contribution is 2.33. The highest BCUT2D eigenvalue weighted by molar-refractivity contribution is 8.00. The summed E-state index contributed by atoms with van der Waals surface area (Å²) >= 11 is 7.15. The van der Waals surface area contributed by atoms with Crippen LogP contribution in [0.15, 0.2) is 0 Å². The SMILES string of the molecule is CC(C)(C)OC(=O)N[C@H](CCCCNC(=O)CCCC[C@@H]1SC[C@@H]2NC(=S)N[C@@H]21)C(=O)O. The van der Waals surface area contributed by atoms with E-state index in [4.69, 9.17) is 17.0 Å². The maximum absolute atomic E-state index is 12.0. The van der Waals surface area contributed by atoms with E-state index in [1.54, 1.807) is 20.8 Å². The fraction of sp³-hybridized carbons (Fsp3) is 0.810. The van der Waals surface area contributed by atoms with Crippen LogP contribution in [0.3, 0.4) is 0 Å². The summed E-state index contributed by atoms with van der Waals surface area (Å²) in [5, 5.41) is 22.5. The van der Waals surface area contributed by atoms with Crippen molar-refractivity contribution in [1.82, 2.24) is 21.3 Å². The molecule has 0 aromatic rings. The van der Waals surface area contributed by atoms with Crippen molar-refractivity contribution in [2.24, 2.45) is 0 Å². The van der Waals surface area contributed by atoms with Gasteiger partial charge in [0.25, 0.3) is 0 Å². The Morgan fingerprint density at radius 2 is 1.97 bits per heavy atom. The average Bonchev–Trinajstić information content (AvgIpc) is 3.21. The largest absolute Gasteiger partial charge is 0.480 e. The predicted octanol–water partition coefficient (Wildman–Crippen LogP) is 2.14. The minimum absolute atomic E-state index is 0.0189. The Balaban J connectivity index is 1.51. The number of carboxylic acid groups (broad SMARTS) is 1. The lowest BCUT2D eigenvalue weighted by atomic mass is 10.0. The standard InChI is InChI=1S/C21H36N4O5S2/c1-21(2,3)30-20(29)24-13(18(27)28)8-6-7-11-22-16(26)10-5-4-9-15-17-14(12-32-15)23-19(31)25-17/h13-15,17H,4-12H2,1-3H3,(H,22,26)(H,24,29)(H,27,28)(H2,23,25,31)/t13-,14+,15+,17+/m1/s1. The highest BCUT2D eigenvalue weighted by Gasteiger charge is 2.41. The first kappa shape index (κ1) is 26.5. The third kappa shape index (κ3) is 9.40. The number of nitrogens with one attached hydrogen (secondary N) is 4. The van der Waals surface area contributed by atoms with Crippen LogP contribution < -0.4 is 21.3 Å². The number of carbonyl (C=O) groups excluding carboxylic acids is 2. The fourth-order valence-corrected chi connectivity index (χ4v) is 5.60. The summed E-state index contributed by atoms with van der Waals surface area (Å²) in [5.41, 5.74) is -0.687. The number of alkyl carbamates (subject to hydrolysis) is 1. The second-order valence-corrected chi connectivity index (χ2v) is 10.9. The van der Waals surface area contributed by atoms with Crippen LogP contribution in [0, 0.1) is 0 Å². The summed E-state index contributed by atoms with van der Waals surface area (Å²) in [7, 11) is 0. The Hall–Kier alpha value is -1.75. The minimum atomic E-state index is -1.10. The van der Waals surface area contributed by atoms with Crippen LogP contribution in [0.5, 0.6) is 0 Å². The third-order valence-corrected chi connectivity index (χ3v) is 7.06. The first-order valence-electron chi connectivity index (χ1n) is 11.2. The van der Waals surface area contributed by atoms with Crippen LogP contribution in [-0.2, 0) is 14.3 Å². The van der Waals surface area contributed by atoms with Crippen molar-refractivity contribution in [3.8, 4) is 0 Å². The van der Waals surface area contributed by atoms with Crippen LogP contribution in [0.2, 0.25) is 0 Å². The van der Waals surface area contributed by atoms with Crippen LogP contribution >= 0.6 is 24.0 Å². The number of hydrogen-bond donors (Lipinski definition) is 5. The van der Waals surface area contributed by atoms with Crippen molar-refractivity contribution in [3.63, 3.8) is 0 Å². The second-order valence-electron chi connectivity index (χ2n) is 9.25. The van der Waals surface area contributed by atoms with Crippen molar-refractivity contribution in [3.05, 3.63) is 0 Å². The van der Waals surface area contributed by atoms with Crippen LogP contribution in [0.4, 0.5) is 4.79 Å². The van der Waals surface area contributed by atoms with Gasteiger partial charge in [0.05, 0.1) is 12.1 Å². The van der Waals surface area contributed by atoms with Crippen molar-refractivity contribution < 1.29 is 24.2 Å². The van der Waals surface area contributed by atoms with Gasteiger partial charge in [-0.3, -0.25) is 4.79 Å². The lowest BCUT2D eigenvalue weighted by molar-refractivity contribution is -0.139. The molecular weight excluding hydrogens is 452 g/mol. The molecule has 2 heterocycles. The summed E-state index contributed by atoms with van der Waals surface area (Å²) in [4.78, 5) is 35.1. The van der Waals surface area contributed by atoms with Crippen LogP contribution in [0.25, 0.3) is 0 Å². The Bertz CT molecular complexity index is 686. The number of unbranched alkanes of at least 4 members (excludes halogenated alkanes) is 2. The summed E-state index contributed by atoms with van der Waals surface area (Å²) in [6.45, 7) is 5.64. The monoisotopic (exact) mass is 488 g/mol. The lowest BCUT2D eigenvalue weighted by Crippen LogP contribution is -2.43. The molecule has 9 nitrogen and oxygen atoms in total. The zero-order chi connectivity index (χ0) is 23.7. The third-order valence-electron chi connectivity index (χ3n) is 5.31. The predicted molar refractivity (Wildman–Crippen MR) is 129 cm³/mol. The van der Waals surface area contributed by atoms with E-state index in [9.17, 15) is 19.5 Å². The molecule has 2 aliphatic rings. The summed E-state index contributed by atoms with van der Waals surface area (Å²) in [6, 6.07) is -0.172. The number of rotatable bonds is 12. The van der Waals surface area contributed by atoms with E-state index in [0.29, 0.717) is 43.1 Å². The zero-order valence-corrected chi connectivity index (χ0v) is 20.7. The molecule has 2 saturated heterocycles. The second kappa shape index (κ2) is 12.5. The van der Waals surface area contributed by atoms with Crippen LogP contribution in [-0.4, -0.2) is 69.5 Å². The smallest absolute Gasteiger partial charge is 0.408 e. The van der Waals surface area contributed by atoms with Crippen molar-refractivity contribution in [2.75, 3.05) is 12.3 Å². The van der Waals surface area contributed by atoms with E-state index in [0.717, 1.165) is 30.1 Å². The van der Waals surface area contributed by atoms with Crippen molar-refractivity contribution in [1.29, 1.82) is 0 Å². The van der Waals surface area contributed by atoms with E-state index in [-0.39, 0.29) is 12.3 Å². The molecule has 0 saturated carbocycles. The molecule has 2 aliphatic heterocycles. The highest BCUT2D eigenvalue weighted by atomic mass is 32.2. The molecule has 182 valence electrons. The first-order chi connectivity index (χ1) is 15.0. The van der Waals surface area contributed by atoms with Gasteiger partial charge in [-0.15, -0.1) is 0 Å². The number of aliphatic carboxylic acids is 1. The molecule has 11 heteroatoms. The molecule has 5 N–H and O–H groups in total. The van der Waals surface area contributed by atoms with Gasteiger partial charge in [-0.25, -0.2) is 9.59 Å². The fourth-order valence-electron chi connectivity index (χ4n) is 3.77. The van der Waals surface area contributed by atoms with E-state index in [2.05, 4.69) is 21.3 Å². The van der Waals surface area contributed by atoms with Crippen molar-refractivity contribution in [2.45, 2.75) is 94.7 Å². The molecule has 4 atom stereocenters. The van der Waals surface area contributed by atoms with Gasteiger partial charge in [-0.2, -0.15) is 11.8 Å². The maximum atomic E-state index is 12.0. The lowest BCUT2D eigenvalue weighted by Gasteiger charge is -2.22. The maximum Gasteiger partial charge on any atom is 0.408 e. The van der Waals surface area contributed by atoms with Gasteiger partial charge in [-0.05, 0) is 65.1 Å². The molecule has 2 fully saturated rings. The molecule has 2 rings (SSSR count). The topological polar surface area (TPSA) is 129 Å². The van der Waals surface area contributed by atoms with Gasteiger partial charge in [-0.1, -0.05) is 6.42 Å². The molecule has 32 heavy (non-hydrogen) atoms. The number of fused-ring (bicyclic) bond motifs is 1. The van der Waals surface area contributed by atoms with E-state index in [1.807, 2.05) is 11.8 Å². The number of ether oxygens (including phenoxy) is 1. The van der Waals surface area contributed by atoms with E-state index in [1.165, 1.54) is 0 Å². The number of hydrogen-bond acceptors (Lipinski definition) is 6. The number of thiocarbonyl (C=S) groups is 1. The zero-order valence-electron chi connectivity index (χ0n) is 19.1. The molecule has 0 aromatic carbocycles. The van der Waals surface area contributed by atoms with Gasteiger partial charge in [0.15, 0.2) is 5.11 Å². The summed E-state index contributed by atoms with van der Waals surface area (Å²) in [6.07, 6.45) is 4.15. The first-order valence-corrected chi connectivity index (χ1v) is 12.7. The van der Waals surface area contributed by atoms with E-state index < -0.39 is 23.7 Å². The number of amides is 2. The quantitative estimate of drug-likeness (QED) is 0.207. The van der Waals surface area contributed by atoms with Crippen molar-refractivity contribution >= 4 is 47.1 Å². The average molecular weight is 489 g/mol. The number of thioether (sulfide) groups is 1. The van der Waals surface area contributed by atoms with Gasteiger partial charge in [0.2, 0.25) is 5.91 Å². The molecule has 0 unspecified atom stereocenters. The summed E-state index contributed by atoms with van der Waals surface area (Å²) < 4.78 is 5.10. The van der Waals surface area contributed by atoms with Gasteiger partial charge >= 0.3 is 12.1 Å². The Labute approximate surface area is 199 Å². The van der Waals surface area contributed by atoms with Gasteiger partial charge in [0, 0.05) is 24.0 Å².